The lowest BCUT2D eigenvalue weighted by Gasteiger charge is -2.23. The second kappa shape index (κ2) is 8.54. The molecule has 0 unspecified atom stereocenters. The number of nitrogens with one attached hydrogen (secondary N) is 1. The molecule has 5 atom stereocenters. The Morgan fingerprint density at radius 3 is 2.76 bits per heavy atom. The molecule has 182 valence electrons. The molecular weight excluding hydrogens is 465 g/mol. The van der Waals surface area contributed by atoms with Crippen LogP contribution in [0.15, 0.2) is 36.8 Å². The van der Waals surface area contributed by atoms with E-state index in [1.165, 1.54) is 19.6 Å². The summed E-state index contributed by atoms with van der Waals surface area (Å²) in [4.78, 5) is 8.59. The minimum atomic E-state index is -4.47. The van der Waals surface area contributed by atoms with Crippen LogP contribution in [0.3, 0.4) is 0 Å². The van der Waals surface area contributed by atoms with Gasteiger partial charge >= 0.3 is 10.3 Å². The minimum absolute atomic E-state index is 0.144. The number of ether oxygens (including phenoxy) is 1. The van der Waals surface area contributed by atoms with Gasteiger partial charge in [-0.1, -0.05) is 24.3 Å². The smallest absolute Gasteiger partial charge is 0.335 e. The predicted molar refractivity (Wildman–Crippen MR) is 122 cm³/mol. The van der Waals surface area contributed by atoms with Crippen molar-refractivity contribution in [2.45, 2.75) is 49.6 Å². The lowest BCUT2D eigenvalue weighted by Crippen LogP contribution is -2.41. The van der Waals surface area contributed by atoms with Crippen LogP contribution in [0.5, 0.6) is 0 Å². The molecule has 2 aliphatic carbocycles. The first kappa shape index (κ1) is 23.1. The topological polar surface area (TPSA) is 130 Å². The maximum Gasteiger partial charge on any atom is 0.335 e. The summed E-state index contributed by atoms with van der Waals surface area (Å²) in [6.07, 6.45) is 2.58. The van der Waals surface area contributed by atoms with Crippen LogP contribution in [-0.4, -0.2) is 69.3 Å². The van der Waals surface area contributed by atoms with E-state index in [0.717, 1.165) is 21.9 Å². The Kier molecular flexibility index (Phi) is 5.81. The number of nitrogens with zero attached hydrogens (tertiary/aromatic N) is 4. The zero-order valence-electron chi connectivity index (χ0n) is 18.7. The zero-order valence-corrected chi connectivity index (χ0v) is 19.5. The molecule has 0 spiro atoms. The molecule has 1 aromatic carbocycles. The molecular formula is C22H26FN5O5S. The number of anilines is 1. The van der Waals surface area contributed by atoms with Crippen molar-refractivity contribution < 1.29 is 27.2 Å². The highest BCUT2D eigenvalue weighted by molar-refractivity contribution is 7.83. The van der Waals surface area contributed by atoms with Crippen LogP contribution >= 0.6 is 0 Å². The molecule has 2 aromatic heterocycles. The number of benzene rings is 1. The third-order valence-corrected chi connectivity index (χ3v) is 8.04. The highest BCUT2D eigenvalue weighted by Crippen LogP contribution is 2.40. The summed E-state index contributed by atoms with van der Waals surface area (Å²) in [6.45, 7) is 0. The summed E-state index contributed by atoms with van der Waals surface area (Å²) in [5.74, 6) is -0.199. The average molecular weight is 492 g/mol. The molecule has 1 saturated carbocycles. The van der Waals surface area contributed by atoms with Gasteiger partial charge in [-0.3, -0.25) is 4.55 Å². The van der Waals surface area contributed by atoms with Gasteiger partial charge in [0.05, 0.1) is 29.7 Å². The zero-order chi connectivity index (χ0) is 24.2. The first-order chi connectivity index (χ1) is 16.2. The Hall–Kier alpha value is -2.64. The van der Waals surface area contributed by atoms with E-state index in [2.05, 4.69) is 15.3 Å². The third kappa shape index (κ3) is 3.85. The monoisotopic (exact) mass is 491 g/mol. The standard InChI is InChI=1S/C22H26FN5O5S/c1-27(34(30,31)32)16-8-13(9-17(16)29)28-10-15(23)19-21(24-11-25-22(19)28)26-20-14-6-4-3-5-12(14)7-18(20)33-2/h3-6,10-11,13,16-18,20,29H,7-9H2,1-2H3,(H,24,25,26)(H,30,31,32)/t13-,16+,17+,18+,20-/m1/s1. The first-order valence-corrected chi connectivity index (χ1v) is 12.4. The lowest BCUT2D eigenvalue weighted by molar-refractivity contribution is 0.0959. The molecule has 2 aliphatic rings. The molecule has 10 nitrogen and oxygen atoms in total. The minimum Gasteiger partial charge on any atom is -0.391 e. The summed E-state index contributed by atoms with van der Waals surface area (Å²) in [5, 5.41) is 14.0. The van der Waals surface area contributed by atoms with Crippen molar-refractivity contribution in [2.75, 3.05) is 19.5 Å². The van der Waals surface area contributed by atoms with Crippen molar-refractivity contribution in [3.63, 3.8) is 0 Å². The third-order valence-electron chi connectivity index (χ3n) is 7.04. The summed E-state index contributed by atoms with van der Waals surface area (Å²) >= 11 is 0. The maximum atomic E-state index is 15.2. The molecule has 0 radical (unpaired) electrons. The molecule has 3 aromatic rings. The van der Waals surface area contributed by atoms with Crippen molar-refractivity contribution >= 4 is 27.2 Å². The molecule has 2 heterocycles. The van der Waals surface area contributed by atoms with E-state index in [9.17, 15) is 18.1 Å². The van der Waals surface area contributed by atoms with Gasteiger partial charge < -0.3 is 19.7 Å². The number of aromatic nitrogens is 3. The number of likely N-dealkylation sites (N-methyl/N-ethyl adjacent to an activating group) is 1. The Morgan fingerprint density at radius 1 is 1.26 bits per heavy atom. The Labute approximate surface area is 196 Å². The summed E-state index contributed by atoms with van der Waals surface area (Å²) in [5.41, 5.74) is 2.56. The molecule has 1 fully saturated rings. The second-order valence-corrected chi connectivity index (χ2v) is 10.3. The normalized spacial score (nSPS) is 26.9. The van der Waals surface area contributed by atoms with E-state index in [-0.39, 0.29) is 30.4 Å². The SMILES string of the molecule is CO[C@H]1Cc2ccccc2[C@H]1Nc1ncnc2c1c(F)cn2[C@H]1C[C@H](O)[C@@H](N(C)S(=O)(=O)O)C1. The van der Waals surface area contributed by atoms with Gasteiger partial charge in [0, 0.05) is 32.8 Å². The van der Waals surface area contributed by atoms with Crippen LogP contribution in [0.2, 0.25) is 0 Å². The fourth-order valence-electron chi connectivity index (χ4n) is 5.28. The highest BCUT2D eigenvalue weighted by atomic mass is 32.2. The van der Waals surface area contributed by atoms with Crippen LogP contribution in [0.4, 0.5) is 10.2 Å². The van der Waals surface area contributed by atoms with Gasteiger partial charge in [-0.05, 0) is 24.0 Å². The summed E-state index contributed by atoms with van der Waals surface area (Å²) in [7, 11) is -1.63. The number of hydrogen-bond acceptors (Lipinski definition) is 7. The van der Waals surface area contributed by atoms with E-state index in [4.69, 9.17) is 4.74 Å². The van der Waals surface area contributed by atoms with E-state index in [1.807, 2.05) is 24.3 Å². The number of halogens is 1. The highest BCUT2D eigenvalue weighted by Gasteiger charge is 2.41. The van der Waals surface area contributed by atoms with Crippen LogP contribution < -0.4 is 5.32 Å². The molecule has 3 N–H and O–H groups in total. The Morgan fingerprint density at radius 2 is 2.03 bits per heavy atom. The van der Waals surface area contributed by atoms with Gasteiger partial charge in [0.1, 0.15) is 17.8 Å². The van der Waals surface area contributed by atoms with E-state index >= 15 is 4.39 Å². The molecule has 34 heavy (non-hydrogen) atoms. The van der Waals surface area contributed by atoms with Gasteiger partial charge in [-0.25, -0.2) is 14.4 Å². The first-order valence-electron chi connectivity index (χ1n) is 11.0. The van der Waals surface area contributed by atoms with Gasteiger partial charge in [-0.15, -0.1) is 0 Å². The van der Waals surface area contributed by atoms with Gasteiger partial charge in [0.15, 0.2) is 5.82 Å². The van der Waals surface area contributed by atoms with Crippen LogP contribution in [0.1, 0.15) is 36.1 Å². The van der Waals surface area contributed by atoms with Crippen molar-refractivity contribution in [2.24, 2.45) is 0 Å². The van der Waals surface area contributed by atoms with Crippen molar-refractivity contribution in [3.05, 3.63) is 53.7 Å². The summed E-state index contributed by atoms with van der Waals surface area (Å²) in [6, 6.07) is 6.50. The average Bonchev–Trinajstić information content (AvgIpc) is 3.46. The van der Waals surface area contributed by atoms with E-state index < -0.39 is 34.3 Å². The summed E-state index contributed by atoms with van der Waals surface area (Å²) < 4.78 is 55.7. The second-order valence-electron chi connectivity index (χ2n) is 8.86. The number of methoxy groups -OCH3 is 1. The largest absolute Gasteiger partial charge is 0.391 e. The molecule has 12 heteroatoms. The van der Waals surface area contributed by atoms with Gasteiger partial charge in [0.25, 0.3) is 0 Å². The predicted octanol–water partition coefficient (Wildman–Crippen LogP) is 2.09. The lowest BCUT2D eigenvalue weighted by atomic mass is 10.1. The molecule has 0 saturated heterocycles. The molecule has 0 aliphatic heterocycles. The molecule has 5 rings (SSSR count). The van der Waals surface area contributed by atoms with E-state index in [0.29, 0.717) is 11.5 Å². The van der Waals surface area contributed by atoms with Crippen LogP contribution in [-0.2, 0) is 21.5 Å². The van der Waals surface area contributed by atoms with Crippen molar-refractivity contribution in [1.82, 2.24) is 18.8 Å². The van der Waals surface area contributed by atoms with Crippen LogP contribution in [0, 0.1) is 5.82 Å². The van der Waals surface area contributed by atoms with Gasteiger partial charge in [0.2, 0.25) is 0 Å². The quantitative estimate of drug-likeness (QED) is 0.447. The fraction of sp³-hybridized carbons (Fsp3) is 0.455. The van der Waals surface area contributed by atoms with Crippen LogP contribution in [0.25, 0.3) is 11.0 Å². The fourth-order valence-corrected chi connectivity index (χ4v) is 5.85. The number of aliphatic hydroxyl groups is 1. The number of fused-ring (bicyclic) bond motifs is 2. The number of aliphatic hydroxyl groups excluding tert-OH is 1. The number of rotatable bonds is 6. The molecule has 0 amide bonds. The Balaban J connectivity index is 1.48. The molecule has 0 bridgehead atoms. The maximum absolute atomic E-state index is 15.2. The Bertz CT molecular complexity index is 1330. The van der Waals surface area contributed by atoms with Gasteiger partial charge in [-0.2, -0.15) is 12.7 Å². The number of hydrogen-bond donors (Lipinski definition) is 3. The van der Waals surface area contributed by atoms with E-state index in [1.54, 1.807) is 11.7 Å². The van der Waals surface area contributed by atoms with Crippen molar-refractivity contribution in [1.29, 1.82) is 0 Å². The van der Waals surface area contributed by atoms with Crippen molar-refractivity contribution in [3.8, 4) is 0 Å².